The third-order valence-electron chi connectivity index (χ3n) is 2.18. The monoisotopic (exact) mass is 304 g/mol. The molecule has 0 atom stereocenters. The summed E-state index contributed by atoms with van der Waals surface area (Å²) in [5.41, 5.74) is 0.486. The predicted molar refractivity (Wildman–Crippen MR) is 67.0 cm³/mol. The summed E-state index contributed by atoms with van der Waals surface area (Å²) in [4.78, 5) is 12.2. The van der Waals surface area contributed by atoms with Gasteiger partial charge in [-0.2, -0.15) is 5.10 Å². The molecular formula is C11H17BrN2O3. The van der Waals surface area contributed by atoms with Crippen LogP contribution in [0.25, 0.3) is 0 Å². The van der Waals surface area contributed by atoms with Crippen molar-refractivity contribution in [2.24, 2.45) is 0 Å². The van der Waals surface area contributed by atoms with Gasteiger partial charge >= 0.3 is 0 Å². The highest BCUT2D eigenvalue weighted by atomic mass is 79.9. The lowest BCUT2D eigenvalue weighted by Gasteiger charge is -2.16. The molecule has 0 radical (unpaired) electrons. The molecule has 0 spiro atoms. The summed E-state index contributed by atoms with van der Waals surface area (Å²) in [6.07, 6.45) is 0.745. The van der Waals surface area contributed by atoms with Gasteiger partial charge in [0.1, 0.15) is 5.69 Å². The Balaban J connectivity index is 2.95. The number of ketones is 1. The number of nitrogens with zero attached hydrogens (tertiary/aromatic N) is 2. The summed E-state index contributed by atoms with van der Waals surface area (Å²) >= 11 is 3.31. The van der Waals surface area contributed by atoms with Crippen molar-refractivity contribution < 1.29 is 14.3 Å². The van der Waals surface area contributed by atoms with E-state index in [-0.39, 0.29) is 5.78 Å². The SMILES string of the molecule is CCOC(OCC)C(=O)c1c(Br)cnn1CC. The Morgan fingerprint density at radius 1 is 1.41 bits per heavy atom. The molecule has 1 heterocycles. The van der Waals surface area contributed by atoms with E-state index >= 15 is 0 Å². The Hall–Kier alpha value is -0.720. The highest BCUT2D eigenvalue weighted by Crippen LogP contribution is 2.19. The number of hydrogen-bond donors (Lipinski definition) is 0. The van der Waals surface area contributed by atoms with E-state index in [9.17, 15) is 4.79 Å². The lowest BCUT2D eigenvalue weighted by atomic mass is 10.2. The molecule has 1 aromatic rings. The highest BCUT2D eigenvalue weighted by molar-refractivity contribution is 9.10. The van der Waals surface area contributed by atoms with E-state index in [1.807, 2.05) is 20.8 Å². The van der Waals surface area contributed by atoms with E-state index in [0.717, 1.165) is 0 Å². The fourth-order valence-electron chi connectivity index (χ4n) is 1.46. The van der Waals surface area contributed by atoms with Crippen LogP contribution >= 0.6 is 15.9 Å². The molecule has 5 nitrogen and oxygen atoms in total. The van der Waals surface area contributed by atoms with Crippen LogP contribution in [0.3, 0.4) is 0 Å². The van der Waals surface area contributed by atoms with Crippen LogP contribution < -0.4 is 0 Å². The molecule has 0 unspecified atom stereocenters. The highest BCUT2D eigenvalue weighted by Gasteiger charge is 2.26. The van der Waals surface area contributed by atoms with Crippen molar-refractivity contribution in [1.82, 2.24) is 9.78 Å². The average molecular weight is 305 g/mol. The first-order valence-electron chi connectivity index (χ1n) is 5.64. The second-order valence-electron chi connectivity index (χ2n) is 3.26. The van der Waals surface area contributed by atoms with Gasteiger partial charge < -0.3 is 9.47 Å². The summed E-state index contributed by atoms with van der Waals surface area (Å²) in [5, 5.41) is 4.10. The molecule has 6 heteroatoms. The maximum atomic E-state index is 12.2. The predicted octanol–water partition coefficient (Wildman–Crippen LogP) is 2.25. The van der Waals surface area contributed by atoms with Gasteiger partial charge in [-0.3, -0.25) is 9.48 Å². The molecule has 1 aromatic heterocycles. The molecule has 0 saturated heterocycles. The van der Waals surface area contributed by atoms with E-state index in [0.29, 0.717) is 29.9 Å². The second-order valence-corrected chi connectivity index (χ2v) is 4.12. The zero-order chi connectivity index (χ0) is 12.8. The maximum absolute atomic E-state index is 12.2. The number of rotatable bonds is 7. The van der Waals surface area contributed by atoms with Crippen LogP contribution in [0, 0.1) is 0 Å². The van der Waals surface area contributed by atoms with Crippen LogP contribution in [-0.4, -0.2) is 35.1 Å². The third-order valence-corrected chi connectivity index (χ3v) is 2.76. The number of aromatic nitrogens is 2. The number of ether oxygens (including phenoxy) is 2. The van der Waals surface area contributed by atoms with Crippen LogP contribution in [0.15, 0.2) is 10.7 Å². The van der Waals surface area contributed by atoms with Gasteiger partial charge in [-0.1, -0.05) is 0 Å². The largest absolute Gasteiger partial charge is 0.346 e. The number of carbonyl (C=O) groups is 1. The smallest absolute Gasteiger partial charge is 0.237 e. The van der Waals surface area contributed by atoms with Crippen molar-refractivity contribution in [3.05, 3.63) is 16.4 Å². The molecule has 1 rings (SSSR count). The van der Waals surface area contributed by atoms with Crippen molar-refractivity contribution in [3.63, 3.8) is 0 Å². The van der Waals surface area contributed by atoms with Gasteiger partial charge in [0, 0.05) is 19.8 Å². The Labute approximate surface area is 109 Å². The summed E-state index contributed by atoms with van der Waals surface area (Å²) in [6, 6.07) is 0. The molecule has 0 aliphatic rings. The molecule has 17 heavy (non-hydrogen) atoms. The second kappa shape index (κ2) is 6.88. The third kappa shape index (κ3) is 3.37. The number of carbonyl (C=O) groups excluding carboxylic acids is 1. The lowest BCUT2D eigenvalue weighted by molar-refractivity contribution is -0.107. The van der Waals surface area contributed by atoms with E-state index in [1.54, 1.807) is 10.9 Å². The Kier molecular flexibility index (Phi) is 5.80. The normalized spacial score (nSPS) is 11.1. The Morgan fingerprint density at radius 2 is 2.00 bits per heavy atom. The molecule has 96 valence electrons. The van der Waals surface area contributed by atoms with Crippen LogP contribution in [0.2, 0.25) is 0 Å². The fraction of sp³-hybridized carbons (Fsp3) is 0.636. The maximum Gasteiger partial charge on any atom is 0.237 e. The quantitative estimate of drug-likeness (QED) is 0.573. The number of hydrogen-bond acceptors (Lipinski definition) is 4. The van der Waals surface area contributed by atoms with Gasteiger partial charge in [0.2, 0.25) is 12.1 Å². The van der Waals surface area contributed by atoms with Crippen LogP contribution in [0.1, 0.15) is 31.3 Å². The van der Waals surface area contributed by atoms with Crippen LogP contribution in [0.5, 0.6) is 0 Å². The fourth-order valence-corrected chi connectivity index (χ4v) is 1.95. The van der Waals surface area contributed by atoms with E-state index in [4.69, 9.17) is 9.47 Å². The van der Waals surface area contributed by atoms with Gasteiger partial charge in [-0.15, -0.1) is 0 Å². The first kappa shape index (κ1) is 14.3. The van der Waals surface area contributed by atoms with Crippen molar-refractivity contribution in [3.8, 4) is 0 Å². The zero-order valence-electron chi connectivity index (χ0n) is 10.3. The minimum Gasteiger partial charge on any atom is -0.346 e. The van der Waals surface area contributed by atoms with E-state index in [1.165, 1.54) is 0 Å². The van der Waals surface area contributed by atoms with Crippen molar-refractivity contribution in [2.75, 3.05) is 13.2 Å². The van der Waals surface area contributed by atoms with Gasteiger partial charge in [0.25, 0.3) is 0 Å². The van der Waals surface area contributed by atoms with E-state index < -0.39 is 6.29 Å². The first-order chi connectivity index (χ1) is 8.15. The lowest BCUT2D eigenvalue weighted by Crippen LogP contribution is -2.30. The molecule has 0 N–H and O–H groups in total. The summed E-state index contributed by atoms with van der Waals surface area (Å²) < 4.78 is 12.9. The minimum absolute atomic E-state index is 0.208. The Morgan fingerprint density at radius 3 is 2.47 bits per heavy atom. The molecule has 0 bridgehead atoms. The first-order valence-corrected chi connectivity index (χ1v) is 6.43. The van der Waals surface area contributed by atoms with Crippen LogP contribution in [0.4, 0.5) is 0 Å². The average Bonchev–Trinajstić information content (AvgIpc) is 2.69. The van der Waals surface area contributed by atoms with Crippen LogP contribution in [-0.2, 0) is 16.0 Å². The van der Waals surface area contributed by atoms with Crippen molar-refractivity contribution >= 4 is 21.7 Å². The summed E-state index contributed by atoms with van der Waals surface area (Å²) in [7, 11) is 0. The van der Waals surface area contributed by atoms with E-state index in [2.05, 4.69) is 21.0 Å². The summed E-state index contributed by atoms with van der Waals surface area (Å²) in [6.45, 7) is 7.05. The molecule has 0 saturated carbocycles. The number of Topliss-reactive ketones (excluding diaryl/α,β-unsaturated/α-hetero) is 1. The molecule has 0 fully saturated rings. The van der Waals surface area contributed by atoms with Gasteiger partial charge in [0.05, 0.1) is 10.7 Å². The number of aryl methyl sites for hydroxylation is 1. The standard InChI is InChI=1S/C11H17BrN2O3/c1-4-14-9(8(12)7-13-14)10(15)11(16-5-2)17-6-3/h7,11H,4-6H2,1-3H3. The Bertz CT molecular complexity index is 373. The molecule has 0 aliphatic carbocycles. The van der Waals surface area contributed by atoms with Gasteiger partial charge in [0.15, 0.2) is 0 Å². The molecule has 0 amide bonds. The molecular weight excluding hydrogens is 288 g/mol. The van der Waals surface area contributed by atoms with Gasteiger partial charge in [-0.05, 0) is 36.7 Å². The van der Waals surface area contributed by atoms with Crippen molar-refractivity contribution in [2.45, 2.75) is 33.6 Å². The topological polar surface area (TPSA) is 53.4 Å². The molecule has 0 aromatic carbocycles. The molecule has 0 aliphatic heterocycles. The zero-order valence-corrected chi connectivity index (χ0v) is 11.9. The number of halogens is 1. The van der Waals surface area contributed by atoms with Crippen molar-refractivity contribution in [1.29, 1.82) is 0 Å². The minimum atomic E-state index is -0.858. The summed E-state index contributed by atoms with van der Waals surface area (Å²) in [5.74, 6) is -0.208. The van der Waals surface area contributed by atoms with Gasteiger partial charge in [-0.25, -0.2) is 0 Å².